The standard InChI is InChI=1S/C21H30O4/c1-12(22)25-14-6-8-20(2)13(10-14)11-17(23)19-15-4-5-18(24)21(15,3)9-7-16(19)20/h13-16,19H,4-11H2,1-3H3/t13-,14+,15+,16+,19-,20-,21+/m0/s1. The van der Waals surface area contributed by atoms with Gasteiger partial charge in [0.05, 0.1) is 0 Å². The summed E-state index contributed by atoms with van der Waals surface area (Å²) in [4.78, 5) is 36.9. The fourth-order valence-corrected chi connectivity index (χ4v) is 7.01. The molecule has 0 radical (unpaired) electrons. The van der Waals surface area contributed by atoms with Crippen molar-refractivity contribution in [1.29, 1.82) is 0 Å². The number of carbonyl (C=O) groups is 3. The number of carbonyl (C=O) groups excluding carboxylic acids is 3. The van der Waals surface area contributed by atoms with Gasteiger partial charge in [-0.25, -0.2) is 0 Å². The van der Waals surface area contributed by atoms with Gasteiger partial charge in [-0.2, -0.15) is 0 Å². The number of fused-ring (bicyclic) bond motifs is 5. The molecular formula is C21H30O4. The molecule has 0 bridgehead atoms. The Labute approximate surface area is 150 Å². The first-order valence-corrected chi connectivity index (χ1v) is 9.99. The van der Waals surface area contributed by atoms with Crippen molar-refractivity contribution in [3.05, 3.63) is 0 Å². The highest BCUT2D eigenvalue weighted by molar-refractivity contribution is 5.90. The molecule has 7 atom stereocenters. The monoisotopic (exact) mass is 346 g/mol. The van der Waals surface area contributed by atoms with Crippen LogP contribution in [0.5, 0.6) is 0 Å². The Hall–Kier alpha value is -1.19. The zero-order chi connectivity index (χ0) is 18.0. The lowest BCUT2D eigenvalue weighted by Gasteiger charge is -2.59. The number of hydrogen-bond acceptors (Lipinski definition) is 4. The summed E-state index contributed by atoms with van der Waals surface area (Å²) in [7, 11) is 0. The molecular weight excluding hydrogens is 316 g/mol. The average molecular weight is 346 g/mol. The van der Waals surface area contributed by atoms with E-state index in [-0.39, 0.29) is 34.7 Å². The number of hydrogen-bond donors (Lipinski definition) is 0. The van der Waals surface area contributed by atoms with Gasteiger partial charge in [-0.1, -0.05) is 13.8 Å². The molecule has 4 nitrogen and oxygen atoms in total. The molecule has 0 spiro atoms. The normalized spacial score (nSPS) is 49.2. The molecule has 0 aromatic carbocycles. The van der Waals surface area contributed by atoms with E-state index in [9.17, 15) is 14.4 Å². The van der Waals surface area contributed by atoms with Gasteiger partial charge in [0.1, 0.15) is 17.7 Å². The third-order valence-electron chi connectivity index (χ3n) is 8.46. The maximum Gasteiger partial charge on any atom is 0.302 e. The van der Waals surface area contributed by atoms with E-state index in [2.05, 4.69) is 13.8 Å². The topological polar surface area (TPSA) is 60.4 Å². The predicted molar refractivity (Wildman–Crippen MR) is 92.7 cm³/mol. The third-order valence-corrected chi connectivity index (χ3v) is 8.46. The van der Waals surface area contributed by atoms with Crippen LogP contribution < -0.4 is 0 Å². The second-order valence-electron chi connectivity index (χ2n) is 9.54. The number of rotatable bonds is 1. The van der Waals surface area contributed by atoms with Crippen LogP contribution in [0.1, 0.15) is 72.1 Å². The van der Waals surface area contributed by atoms with Crippen molar-refractivity contribution in [2.45, 2.75) is 78.2 Å². The molecule has 0 amide bonds. The van der Waals surface area contributed by atoms with Crippen LogP contribution in [0.4, 0.5) is 0 Å². The van der Waals surface area contributed by atoms with Gasteiger partial charge >= 0.3 is 5.97 Å². The molecule has 4 saturated carbocycles. The van der Waals surface area contributed by atoms with Crippen LogP contribution in [-0.4, -0.2) is 23.6 Å². The van der Waals surface area contributed by atoms with Crippen molar-refractivity contribution in [3.63, 3.8) is 0 Å². The van der Waals surface area contributed by atoms with Crippen molar-refractivity contribution in [3.8, 4) is 0 Å². The van der Waals surface area contributed by atoms with Crippen molar-refractivity contribution >= 4 is 17.5 Å². The highest BCUT2D eigenvalue weighted by Crippen LogP contribution is 2.64. The molecule has 4 aliphatic carbocycles. The summed E-state index contributed by atoms with van der Waals surface area (Å²) in [6.07, 6.45) is 6.85. The summed E-state index contributed by atoms with van der Waals surface area (Å²) >= 11 is 0. The molecule has 4 heteroatoms. The van der Waals surface area contributed by atoms with Crippen molar-refractivity contribution in [2.24, 2.45) is 34.5 Å². The van der Waals surface area contributed by atoms with Crippen LogP contribution in [-0.2, 0) is 19.1 Å². The fourth-order valence-electron chi connectivity index (χ4n) is 7.01. The maximum absolute atomic E-state index is 13.1. The van der Waals surface area contributed by atoms with E-state index < -0.39 is 0 Å². The van der Waals surface area contributed by atoms with E-state index in [1.807, 2.05) is 0 Å². The SMILES string of the molecule is CC(=O)O[C@@H]1CC[C@@]2(C)[C@H](CC(=O)[C@@H]3[C@H]2CC[C@@]2(C)C(=O)CC[C@H]32)C1. The zero-order valence-corrected chi connectivity index (χ0v) is 15.7. The first-order chi connectivity index (χ1) is 11.8. The van der Waals surface area contributed by atoms with Gasteiger partial charge in [-0.15, -0.1) is 0 Å². The Balaban J connectivity index is 1.60. The Morgan fingerprint density at radius 3 is 2.56 bits per heavy atom. The second-order valence-corrected chi connectivity index (χ2v) is 9.54. The molecule has 4 fully saturated rings. The minimum atomic E-state index is -0.255. The summed E-state index contributed by atoms with van der Waals surface area (Å²) in [5.41, 5.74) is -0.100. The maximum atomic E-state index is 13.1. The van der Waals surface area contributed by atoms with Gasteiger partial charge < -0.3 is 4.74 Å². The molecule has 25 heavy (non-hydrogen) atoms. The molecule has 0 aromatic heterocycles. The third kappa shape index (κ3) is 2.43. The predicted octanol–water partition coefficient (Wildman–Crippen LogP) is 3.71. The Bertz CT molecular complexity index is 625. The molecule has 0 aliphatic heterocycles. The van der Waals surface area contributed by atoms with E-state index in [0.29, 0.717) is 36.2 Å². The van der Waals surface area contributed by atoms with Crippen LogP contribution in [0.2, 0.25) is 0 Å². The van der Waals surface area contributed by atoms with E-state index in [0.717, 1.165) is 38.5 Å². The lowest BCUT2D eigenvalue weighted by molar-refractivity contribution is -0.166. The summed E-state index contributed by atoms with van der Waals surface area (Å²) in [6, 6.07) is 0. The van der Waals surface area contributed by atoms with Gasteiger partial charge in [-0.05, 0) is 61.7 Å². The lowest BCUT2D eigenvalue weighted by Crippen LogP contribution is -2.57. The number of esters is 1. The first kappa shape index (κ1) is 17.2. The first-order valence-electron chi connectivity index (χ1n) is 9.99. The largest absolute Gasteiger partial charge is 0.463 e. The smallest absolute Gasteiger partial charge is 0.302 e. The van der Waals surface area contributed by atoms with Crippen molar-refractivity contribution < 1.29 is 19.1 Å². The van der Waals surface area contributed by atoms with Crippen molar-refractivity contribution in [2.75, 3.05) is 0 Å². The van der Waals surface area contributed by atoms with Crippen LogP contribution in [0, 0.1) is 34.5 Å². The number of Topliss-reactive ketones (excluding diaryl/α,β-unsaturated/α-hetero) is 2. The fraction of sp³-hybridized carbons (Fsp3) is 0.857. The van der Waals surface area contributed by atoms with Crippen LogP contribution in [0.3, 0.4) is 0 Å². The van der Waals surface area contributed by atoms with Gasteiger partial charge in [0.15, 0.2) is 0 Å². The quantitative estimate of drug-likeness (QED) is 0.679. The highest BCUT2D eigenvalue weighted by Gasteiger charge is 2.62. The van der Waals surface area contributed by atoms with Crippen molar-refractivity contribution in [1.82, 2.24) is 0 Å². The van der Waals surface area contributed by atoms with Crippen LogP contribution in [0.25, 0.3) is 0 Å². The minimum Gasteiger partial charge on any atom is -0.463 e. The summed E-state index contributed by atoms with van der Waals surface area (Å²) in [5.74, 6) is 1.61. The second kappa shape index (κ2) is 5.65. The molecule has 0 aromatic rings. The van der Waals surface area contributed by atoms with Gasteiger partial charge in [0, 0.05) is 31.1 Å². The number of ether oxygens (including phenoxy) is 1. The van der Waals surface area contributed by atoms with E-state index in [4.69, 9.17) is 4.74 Å². The molecule has 138 valence electrons. The van der Waals surface area contributed by atoms with Gasteiger partial charge in [0.25, 0.3) is 0 Å². The Kier molecular flexibility index (Phi) is 3.90. The van der Waals surface area contributed by atoms with E-state index in [1.54, 1.807) is 0 Å². The molecule has 0 saturated heterocycles. The van der Waals surface area contributed by atoms with E-state index in [1.165, 1.54) is 6.92 Å². The van der Waals surface area contributed by atoms with E-state index >= 15 is 0 Å². The molecule has 0 unspecified atom stereocenters. The zero-order valence-electron chi connectivity index (χ0n) is 15.7. The number of ketones is 2. The Morgan fingerprint density at radius 2 is 1.84 bits per heavy atom. The molecule has 0 heterocycles. The molecule has 4 rings (SSSR count). The highest BCUT2D eigenvalue weighted by atomic mass is 16.5. The minimum absolute atomic E-state index is 0.0261. The van der Waals surface area contributed by atoms with Gasteiger partial charge in [-0.3, -0.25) is 14.4 Å². The average Bonchev–Trinajstić information content (AvgIpc) is 2.84. The van der Waals surface area contributed by atoms with Crippen LogP contribution >= 0.6 is 0 Å². The lowest BCUT2D eigenvalue weighted by atomic mass is 9.45. The Morgan fingerprint density at radius 1 is 1.08 bits per heavy atom. The molecule has 4 aliphatic rings. The summed E-state index contributed by atoms with van der Waals surface area (Å²) in [6.45, 7) is 5.95. The summed E-state index contributed by atoms with van der Waals surface area (Å²) < 4.78 is 5.46. The summed E-state index contributed by atoms with van der Waals surface area (Å²) in [5, 5.41) is 0. The van der Waals surface area contributed by atoms with Gasteiger partial charge in [0.2, 0.25) is 0 Å². The molecule has 0 N–H and O–H groups in total. The van der Waals surface area contributed by atoms with Crippen LogP contribution in [0.15, 0.2) is 0 Å².